The van der Waals surface area contributed by atoms with Crippen LogP contribution in [0.3, 0.4) is 0 Å². The highest BCUT2D eigenvalue weighted by atomic mass is 16.3. The van der Waals surface area contributed by atoms with Gasteiger partial charge in [-0.2, -0.15) is 0 Å². The summed E-state index contributed by atoms with van der Waals surface area (Å²) >= 11 is 0. The van der Waals surface area contributed by atoms with E-state index in [4.69, 9.17) is 0 Å². The van der Waals surface area contributed by atoms with Crippen LogP contribution in [-0.2, 0) is 0 Å². The van der Waals surface area contributed by atoms with Gasteiger partial charge in [0.15, 0.2) is 0 Å². The zero-order chi connectivity index (χ0) is 20.3. The molecule has 28 heavy (non-hydrogen) atoms. The first kappa shape index (κ1) is 21.1. The van der Waals surface area contributed by atoms with Crippen LogP contribution in [0.25, 0.3) is 0 Å². The van der Waals surface area contributed by atoms with E-state index in [1.165, 1.54) is 25.7 Å². The molecule has 4 heteroatoms. The van der Waals surface area contributed by atoms with Gasteiger partial charge < -0.3 is 20.4 Å². The van der Waals surface area contributed by atoms with Crippen molar-refractivity contribution in [2.45, 2.75) is 96.9 Å². The summed E-state index contributed by atoms with van der Waals surface area (Å²) in [5.74, 6) is 3.00. The van der Waals surface area contributed by atoms with Crippen molar-refractivity contribution in [2.75, 3.05) is 6.61 Å². The minimum absolute atomic E-state index is 0.147. The third-order valence-corrected chi connectivity index (χ3v) is 10.3. The molecule has 0 radical (unpaired) electrons. The first-order chi connectivity index (χ1) is 13.2. The molecule has 0 spiro atoms. The van der Waals surface area contributed by atoms with Crippen molar-refractivity contribution in [1.82, 2.24) is 0 Å². The molecule has 0 heterocycles. The second-order valence-electron chi connectivity index (χ2n) is 11.5. The predicted octanol–water partition coefficient (Wildman–Crippen LogP) is 3.36. The summed E-state index contributed by atoms with van der Waals surface area (Å²) in [6.07, 6.45) is 8.25. The maximum Gasteiger partial charge on any atom is 0.0773 e. The molecule has 0 saturated heterocycles. The molecule has 0 bridgehead atoms. The predicted molar refractivity (Wildman–Crippen MR) is 109 cm³/mol. The van der Waals surface area contributed by atoms with Gasteiger partial charge in [0.1, 0.15) is 0 Å². The van der Waals surface area contributed by atoms with Crippen molar-refractivity contribution in [3.63, 3.8) is 0 Å². The summed E-state index contributed by atoms with van der Waals surface area (Å²) in [7, 11) is 0. The Morgan fingerprint density at radius 3 is 2.32 bits per heavy atom. The number of hydrogen-bond acceptors (Lipinski definition) is 4. The summed E-state index contributed by atoms with van der Waals surface area (Å²) < 4.78 is 0. The average Bonchev–Trinajstić information content (AvgIpc) is 3.00. The van der Waals surface area contributed by atoms with Gasteiger partial charge in [0.2, 0.25) is 0 Å². The van der Waals surface area contributed by atoms with Gasteiger partial charge in [0.25, 0.3) is 0 Å². The Labute approximate surface area is 170 Å². The third kappa shape index (κ3) is 3.18. The van der Waals surface area contributed by atoms with Crippen LogP contribution in [0.2, 0.25) is 0 Å². The van der Waals surface area contributed by atoms with Crippen LogP contribution in [0.15, 0.2) is 0 Å². The normalized spacial score (nSPS) is 53.0. The second-order valence-corrected chi connectivity index (χ2v) is 11.5. The highest BCUT2D eigenvalue weighted by molar-refractivity contribution is 5.11. The SMILES string of the molecule is C[C@H](CC(O)CO)[C@H]1CC[C@H]2[C@@H]3[C@H](O)C[C@@H]4C[C@H](O)CC[C@]4(C)[C@H]3CC[C@]12C. The maximum atomic E-state index is 11.3. The molecule has 4 fully saturated rings. The van der Waals surface area contributed by atoms with Crippen LogP contribution in [0, 0.1) is 46.3 Å². The van der Waals surface area contributed by atoms with Gasteiger partial charge >= 0.3 is 0 Å². The van der Waals surface area contributed by atoms with Crippen molar-refractivity contribution >= 4 is 0 Å². The van der Waals surface area contributed by atoms with Crippen molar-refractivity contribution in [1.29, 1.82) is 0 Å². The topological polar surface area (TPSA) is 80.9 Å². The first-order valence-corrected chi connectivity index (χ1v) is 11.9. The van der Waals surface area contributed by atoms with E-state index >= 15 is 0 Å². The van der Waals surface area contributed by atoms with Crippen molar-refractivity contribution < 1.29 is 20.4 Å². The molecule has 0 amide bonds. The van der Waals surface area contributed by atoms with Gasteiger partial charge in [0.05, 0.1) is 24.9 Å². The minimum Gasteiger partial charge on any atom is -0.394 e. The van der Waals surface area contributed by atoms with Gasteiger partial charge in [-0.15, -0.1) is 0 Å². The molecule has 4 saturated carbocycles. The number of aliphatic hydroxyl groups is 4. The van der Waals surface area contributed by atoms with Crippen LogP contribution in [0.1, 0.15) is 78.6 Å². The Hall–Kier alpha value is -0.160. The molecule has 162 valence electrons. The van der Waals surface area contributed by atoms with E-state index < -0.39 is 6.10 Å². The van der Waals surface area contributed by atoms with Crippen molar-refractivity contribution in [2.24, 2.45) is 46.3 Å². The Morgan fingerprint density at radius 2 is 1.61 bits per heavy atom. The highest BCUT2D eigenvalue weighted by Crippen LogP contribution is 2.68. The fraction of sp³-hybridized carbons (Fsp3) is 1.00. The maximum absolute atomic E-state index is 11.3. The summed E-state index contributed by atoms with van der Waals surface area (Å²) in [4.78, 5) is 0. The number of hydrogen-bond donors (Lipinski definition) is 4. The fourth-order valence-electron chi connectivity index (χ4n) is 8.84. The molecular formula is C24H42O4. The van der Waals surface area contributed by atoms with E-state index in [1.807, 2.05) is 0 Å². The lowest BCUT2D eigenvalue weighted by molar-refractivity contribution is -0.174. The van der Waals surface area contributed by atoms with Gasteiger partial charge in [-0.05, 0) is 104 Å². The zero-order valence-electron chi connectivity index (χ0n) is 18.1. The second kappa shape index (κ2) is 7.51. The minimum atomic E-state index is -0.609. The molecule has 1 unspecified atom stereocenters. The van der Waals surface area contributed by atoms with Crippen LogP contribution >= 0.6 is 0 Å². The Morgan fingerprint density at radius 1 is 0.929 bits per heavy atom. The van der Waals surface area contributed by atoms with Crippen LogP contribution in [0.5, 0.6) is 0 Å². The first-order valence-electron chi connectivity index (χ1n) is 11.9. The molecule has 0 aromatic carbocycles. The van der Waals surface area contributed by atoms with E-state index in [-0.39, 0.29) is 29.6 Å². The molecular weight excluding hydrogens is 352 g/mol. The molecule has 0 aromatic heterocycles. The molecule has 4 aliphatic rings. The fourth-order valence-corrected chi connectivity index (χ4v) is 8.84. The van der Waals surface area contributed by atoms with Crippen LogP contribution in [0.4, 0.5) is 0 Å². The van der Waals surface area contributed by atoms with E-state index in [0.717, 1.165) is 25.7 Å². The number of fused-ring (bicyclic) bond motifs is 5. The summed E-state index contributed by atoms with van der Waals surface area (Å²) in [6.45, 7) is 7.02. The van der Waals surface area contributed by atoms with Gasteiger partial charge in [-0.1, -0.05) is 20.8 Å². The monoisotopic (exact) mass is 394 g/mol. The summed E-state index contributed by atoms with van der Waals surface area (Å²) in [6, 6.07) is 0. The van der Waals surface area contributed by atoms with Gasteiger partial charge in [0, 0.05) is 0 Å². The lowest BCUT2D eigenvalue weighted by Gasteiger charge is -2.62. The van der Waals surface area contributed by atoms with Crippen molar-refractivity contribution in [3.8, 4) is 0 Å². The summed E-state index contributed by atoms with van der Waals surface area (Å²) in [5.41, 5.74) is 0.523. The lowest BCUT2D eigenvalue weighted by Crippen LogP contribution is -2.58. The van der Waals surface area contributed by atoms with E-state index in [1.54, 1.807) is 0 Å². The highest BCUT2D eigenvalue weighted by Gasteiger charge is 2.62. The lowest BCUT2D eigenvalue weighted by atomic mass is 9.43. The summed E-state index contributed by atoms with van der Waals surface area (Å²) in [5, 5.41) is 40.7. The third-order valence-electron chi connectivity index (χ3n) is 10.3. The van der Waals surface area contributed by atoms with Gasteiger partial charge in [-0.3, -0.25) is 0 Å². The molecule has 0 aliphatic heterocycles. The Bertz CT molecular complexity index is 567. The quantitative estimate of drug-likeness (QED) is 0.589. The van der Waals surface area contributed by atoms with Crippen molar-refractivity contribution in [3.05, 3.63) is 0 Å². The number of rotatable bonds is 4. The smallest absolute Gasteiger partial charge is 0.0773 e. The van der Waals surface area contributed by atoms with E-state index in [0.29, 0.717) is 41.9 Å². The number of aliphatic hydroxyl groups excluding tert-OH is 4. The molecule has 4 nitrogen and oxygen atoms in total. The Kier molecular flexibility index (Phi) is 5.66. The van der Waals surface area contributed by atoms with Crippen LogP contribution in [-0.4, -0.2) is 45.3 Å². The average molecular weight is 395 g/mol. The van der Waals surface area contributed by atoms with E-state index in [9.17, 15) is 20.4 Å². The van der Waals surface area contributed by atoms with Gasteiger partial charge in [-0.25, -0.2) is 0 Å². The van der Waals surface area contributed by atoms with Crippen LogP contribution < -0.4 is 0 Å². The molecule has 11 atom stereocenters. The molecule has 4 N–H and O–H groups in total. The largest absolute Gasteiger partial charge is 0.394 e. The standard InChI is InChI=1S/C24H42O4/c1-14(10-17(27)13-25)18-4-5-19-22-20(7-9-24(18,19)3)23(2)8-6-16(26)11-15(23)12-21(22)28/h14-22,25-28H,4-13H2,1-3H3/t14-,15+,16-,17?,18-,19+,20+,21-,22+,23+,24-/m1/s1. The zero-order valence-corrected chi connectivity index (χ0v) is 18.1. The molecule has 4 rings (SSSR count). The van der Waals surface area contributed by atoms with E-state index in [2.05, 4.69) is 20.8 Å². The molecule has 4 aliphatic carbocycles. The molecule has 0 aromatic rings. The Balaban J connectivity index is 1.56.